The summed E-state index contributed by atoms with van der Waals surface area (Å²) in [4.78, 5) is 23.9. The minimum absolute atomic E-state index is 0.149. The lowest BCUT2D eigenvalue weighted by Gasteiger charge is -2.14. The van der Waals surface area contributed by atoms with Crippen LogP contribution in [-0.2, 0) is 4.74 Å². The van der Waals surface area contributed by atoms with Crippen LogP contribution in [0.5, 0.6) is 0 Å². The molecule has 0 saturated carbocycles. The van der Waals surface area contributed by atoms with Gasteiger partial charge in [-0.05, 0) is 13.3 Å². The Bertz CT molecular complexity index is 428. The normalized spacial score (nSPS) is 20.1. The number of carbonyl (C=O) groups is 1. The van der Waals surface area contributed by atoms with Gasteiger partial charge in [-0.2, -0.15) is 5.10 Å². The summed E-state index contributed by atoms with van der Waals surface area (Å²) >= 11 is 1.11. The van der Waals surface area contributed by atoms with Gasteiger partial charge >= 0.3 is 11.0 Å². The quantitative estimate of drug-likeness (QED) is 0.832. The van der Waals surface area contributed by atoms with Crippen molar-refractivity contribution in [2.24, 2.45) is 0 Å². The van der Waals surface area contributed by atoms with Gasteiger partial charge in [0.1, 0.15) is 5.01 Å². The van der Waals surface area contributed by atoms with Crippen LogP contribution in [0.4, 0.5) is 4.79 Å². The molecule has 0 aliphatic carbocycles. The monoisotopic (exact) mass is 243 g/mol. The van der Waals surface area contributed by atoms with E-state index in [1.807, 2.05) is 0 Å². The van der Waals surface area contributed by atoms with Crippen molar-refractivity contribution in [3.63, 3.8) is 0 Å². The molecular weight excluding hydrogens is 230 g/mol. The molecule has 0 radical (unpaired) electrons. The van der Waals surface area contributed by atoms with E-state index in [-0.39, 0.29) is 16.9 Å². The standard InChI is InChI=1S/C9H13N3O3S/c1-2-15-9(14)12-4-3-6(5-12)7-10-11-8(13)16-7/h6H,2-5H2,1H3,(H,11,13)/t6-/m1/s1. The molecule has 16 heavy (non-hydrogen) atoms. The van der Waals surface area contributed by atoms with Gasteiger partial charge in [-0.15, -0.1) is 0 Å². The van der Waals surface area contributed by atoms with Gasteiger partial charge < -0.3 is 9.64 Å². The number of nitrogens with one attached hydrogen (secondary N) is 1. The number of rotatable bonds is 2. The molecule has 0 aromatic carbocycles. The SMILES string of the molecule is CCOC(=O)N1CC[C@@H](c2n[nH]c(=O)s2)C1. The van der Waals surface area contributed by atoms with E-state index >= 15 is 0 Å². The average Bonchev–Trinajstić information content (AvgIpc) is 2.85. The van der Waals surface area contributed by atoms with Crippen LogP contribution in [-0.4, -0.2) is 40.9 Å². The highest BCUT2D eigenvalue weighted by molar-refractivity contribution is 7.08. The van der Waals surface area contributed by atoms with Crippen LogP contribution in [0.25, 0.3) is 0 Å². The Kier molecular flexibility index (Phi) is 3.23. The lowest BCUT2D eigenvalue weighted by atomic mass is 10.1. The number of amides is 1. The molecule has 1 aromatic rings. The third kappa shape index (κ3) is 2.24. The first-order chi connectivity index (χ1) is 7.70. The summed E-state index contributed by atoms with van der Waals surface area (Å²) in [6.07, 6.45) is 0.549. The lowest BCUT2D eigenvalue weighted by Crippen LogP contribution is -2.29. The van der Waals surface area contributed by atoms with E-state index in [1.165, 1.54) is 0 Å². The van der Waals surface area contributed by atoms with Gasteiger partial charge in [0.2, 0.25) is 0 Å². The summed E-state index contributed by atoms with van der Waals surface area (Å²) in [6.45, 7) is 3.41. The first-order valence-corrected chi connectivity index (χ1v) is 5.99. The van der Waals surface area contributed by atoms with Crippen LogP contribution >= 0.6 is 11.3 Å². The summed E-state index contributed by atoms with van der Waals surface area (Å²) in [6, 6.07) is 0. The van der Waals surface area contributed by atoms with Gasteiger partial charge in [-0.25, -0.2) is 9.89 Å². The van der Waals surface area contributed by atoms with Crippen molar-refractivity contribution in [1.29, 1.82) is 0 Å². The van der Waals surface area contributed by atoms with Crippen molar-refractivity contribution >= 4 is 17.4 Å². The highest BCUT2D eigenvalue weighted by Gasteiger charge is 2.30. The largest absolute Gasteiger partial charge is 0.450 e. The predicted molar refractivity (Wildman–Crippen MR) is 58.7 cm³/mol. The summed E-state index contributed by atoms with van der Waals surface area (Å²) in [5.74, 6) is 0.161. The zero-order valence-electron chi connectivity index (χ0n) is 8.93. The van der Waals surface area contributed by atoms with Gasteiger partial charge in [-0.3, -0.25) is 4.79 Å². The maximum Gasteiger partial charge on any atom is 0.409 e. The van der Waals surface area contributed by atoms with E-state index in [1.54, 1.807) is 11.8 Å². The highest BCUT2D eigenvalue weighted by atomic mass is 32.1. The van der Waals surface area contributed by atoms with E-state index in [0.29, 0.717) is 19.7 Å². The van der Waals surface area contributed by atoms with Gasteiger partial charge in [0.05, 0.1) is 6.61 Å². The van der Waals surface area contributed by atoms with E-state index < -0.39 is 0 Å². The molecule has 2 rings (SSSR count). The van der Waals surface area contributed by atoms with E-state index in [4.69, 9.17) is 4.74 Å². The lowest BCUT2D eigenvalue weighted by molar-refractivity contribution is 0.115. The molecule has 0 unspecified atom stereocenters. The molecule has 1 aliphatic rings. The van der Waals surface area contributed by atoms with Crippen LogP contribution in [0.15, 0.2) is 4.79 Å². The number of hydrogen-bond acceptors (Lipinski definition) is 5. The summed E-state index contributed by atoms with van der Waals surface area (Å²) in [7, 11) is 0. The molecule has 1 saturated heterocycles. The Morgan fingerprint density at radius 1 is 1.75 bits per heavy atom. The topological polar surface area (TPSA) is 75.3 Å². The average molecular weight is 243 g/mol. The molecule has 88 valence electrons. The third-order valence-corrected chi connectivity index (χ3v) is 3.43. The van der Waals surface area contributed by atoms with Crippen LogP contribution in [0.1, 0.15) is 24.3 Å². The second-order valence-corrected chi connectivity index (χ2v) is 4.58. The van der Waals surface area contributed by atoms with Gasteiger partial charge in [0.15, 0.2) is 0 Å². The fourth-order valence-electron chi connectivity index (χ4n) is 1.76. The molecule has 1 fully saturated rings. The van der Waals surface area contributed by atoms with Crippen LogP contribution in [0, 0.1) is 0 Å². The van der Waals surface area contributed by atoms with Gasteiger partial charge in [-0.1, -0.05) is 11.3 Å². The Balaban J connectivity index is 1.98. The van der Waals surface area contributed by atoms with Crippen molar-refractivity contribution in [3.05, 3.63) is 14.7 Å². The maximum absolute atomic E-state index is 11.4. The molecule has 6 nitrogen and oxygen atoms in total. The molecule has 7 heteroatoms. The zero-order valence-corrected chi connectivity index (χ0v) is 9.75. The van der Waals surface area contributed by atoms with Crippen LogP contribution in [0.2, 0.25) is 0 Å². The number of H-pyrrole nitrogens is 1. The summed E-state index contributed by atoms with van der Waals surface area (Å²) in [5, 5.41) is 7.11. The Labute approximate surface area is 96.2 Å². The molecule has 1 aromatic heterocycles. The fourth-order valence-corrected chi connectivity index (χ4v) is 2.49. The molecule has 1 aliphatic heterocycles. The number of hydrogen-bond donors (Lipinski definition) is 1. The van der Waals surface area contributed by atoms with Crippen molar-refractivity contribution < 1.29 is 9.53 Å². The van der Waals surface area contributed by atoms with Crippen molar-refractivity contribution in [3.8, 4) is 0 Å². The molecule has 0 spiro atoms. The smallest absolute Gasteiger partial charge is 0.409 e. The maximum atomic E-state index is 11.4. The van der Waals surface area contributed by atoms with Crippen LogP contribution < -0.4 is 4.87 Å². The third-order valence-electron chi connectivity index (χ3n) is 2.52. The molecule has 1 N–H and O–H groups in total. The first kappa shape index (κ1) is 11.1. The second kappa shape index (κ2) is 4.65. The van der Waals surface area contributed by atoms with Crippen molar-refractivity contribution in [1.82, 2.24) is 15.1 Å². The van der Waals surface area contributed by atoms with Gasteiger partial charge in [0, 0.05) is 19.0 Å². The Morgan fingerprint density at radius 2 is 2.56 bits per heavy atom. The number of nitrogens with zero attached hydrogens (tertiary/aromatic N) is 2. The predicted octanol–water partition coefficient (Wildman–Crippen LogP) is 0.777. The van der Waals surface area contributed by atoms with E-state index in [2.05, 4.69) is 10.2 Å². The van der Waals surface area contributed by atoms with Crippen molar-refractivity contribution in [2.75, 3.05) is 19.7 Å². The van der Waals surface area contributed by atoms with Gasteiger partial charge in [0.25, 0.3) is 0 Å². The Morgan fingerprint density at radius 3 is 3.19 bits per heavy atom. The minimum atomic E-state index is -0.284. The second-order valence-electron chi connectivity index (χ2n) is 3.58. The number of aromatic amines is 1. The number of likely N-dealkylation sites (tertiary alicyclic amines) is 1. The van der Waals surface area contributed by atoms with E-state index in [0.717, 1.165) is 22.8 Å². The fraction of sp³-hybridized carbons (Fsp3) is 0.667. The summed E-state index contributed by atoms with van der Waals surface area (Å²) in [5.41, 5.74) is 0. The molecule has 2 heterocycles. The number of aromatic nitrogens is 2. The molecular formula is C9H13N3O3S. The number of ether oxygens (including phenoxy) is 1. The molecule has 0 bridgehead atoms. The molecule has 1 atom stereocenters. The zero-order chi connectivity index (χ0) is 11.5. The van der Waals surface area contributed by atoms with E-state index in [9.17, 15) is 9.59 Å². The number of carbonyl (C=O) groups excluding carboxylic acids is 1. The first-order valence-electron chi connectivity index (χ1n) is 5.17. The Hall–Kier alpha value is -1.37. The minimum Gasteiger partial charge on any atom is -0.450 e. The van der Waals surface area contributed by atoms with Crippen LogP contribution in [0.3, 0.4) is 0 Å². The van der Waals surface area contributed by atoms with Crippen molar-refractivity contribution in [2.45, 2.75) is 19.3 Å². The summed E-state index contributed by atoms with van der Waals surface area (Å²) < 4.78 is 4.92. The highest BCUT2D eigenvalue weighted by Crippen LogP contribution is 2.27. The molecule has 1 amide bonds.